The molecule has 2 bridgehead atoms. The van der Waals surface area contributed by atoms with E-state index in [1.165, 1.54) is 35.6 Å². The lowest BCUT2D eigenvalue weighted by molar-refractivity contribution is -0.938. The maximum atomic E-state index is 14.0. The lowest BCUT2D eigenvalue weighted by atomic mass is 9.82. The standard InChI is InChI=1S/C28H28F2NO3S/c29-23-5-1-3-20(13-23)25(21-4-2-6-24(30)14-21)15-28(33)34-27-17-31(10-7-19(27)8-11-31)16-26(32)22-9-12-35-18-22/h1-6,9,12-14,18-19,25,27H,7-8,10-11,15-17H2/q+1/t19?,27-,31?/m0/s1. The maximum Gasteiger partial charge on any atom is 0.307 e. The van der Waals surface area contributed by atoms with E-state index in [-0.39, 0.29) is 30.2 Å². The van der Waals surface area contributed by atoms with Gasteiger partial charge in [0.2, 0.25) is 5.78 Å². The number of fused-ring (bicyclic) bond motifs is 3. The molecule has 0 aliphatic carbocycles. The van der Waals surface area contributed by atoms with Crippen molar-refractivity contribution >= 4 is 23.1 Å². The quantitative estimate of drug-likeness (QED) is 0.232. The van der Waals surface area contributed by atoms with Crippen LogP contribution in [0.2, 0.25) is 0 Å². The summed E-state index contributed by atoms with van der Waals surface area (Å²) in [5.74, 6) is -1.29. The fraction of sp³-hybridized carbons (Fsp3) is 0.357. The van der Waals surface area contributed by atoms with E-state index in [2.05, 4.69) is 0 Å². The Morgan fingerprint density at radius 3 is 2.23 bits per heavy atom. The van der Waals surface area contributed by atoms with E-state index in [0.29, 0.717) is 28.7 Å². The lowest BCUT2D eigenvalue weighted by Gasteiger charge is -2.51. The van der Waals surface area contributed by atoms with Crippen LogP contribution < -0.4 is 0 Å². The third-order valence-corrected chi connectivity index (χ3v) is 8.20. The molecule has 3 aliphatic rings. The highest BCUT2D eigenvalue weighted by atomic mass is 32.1. The molecule has 0 saturated carbocycles. The molecule has 3 aliphatic heterocycles. The number of quaternary nitrogens is 1. The smallest absolute Gasteiger partial charge is 0.307 e. The van der Waals surface area contributed by atoms with Crippen LogP contribution in [0, 0.1) is 17.6 Å². The van der Waals surface area contributed by atoms with E-state index in [4.69, 9.17) is 4.74 Å². The van der Waals surface area contributed by atoms with Crippen LogP contribution in [0.5, 0.6) is 0 Å². The second-order valence-corrected chi connectivity index (χ2v) is 10.6. The molecule has 1 atom stereocenters. The van der Waals surface area contributed by atoms with Crippen LogP contribution in [0.3, 0.4) is 0 Å². The monoisotopic (exact) mass is 496 g/mol. The molecule has 182 valence electrons. The highest BCUT2D eigenvalue weighted by Crippen LogP contribution is 2.37. The summed E-state index contributed by atoms with van der Waals surface area (Å²) in [6.45, 7) is 2.90. The Bertz CT molecular complexity index is 1160. The first-order valence-corrected chi connectivity index (χ1v) is 13.0. The van der Waals surface area contributed by atoms with Crippen molar-refractivity contribution in [1.29, 1.82) is 0 Å². The van der Waals surface area contributed by atoms with Crippen molar-refractivity contribution in [2.75, 3.05) is 26.2 Å². The van der Waals surface area contributed by atoms with Gasteiger partial charge in [-0.05, 0) is 46.8 Å². The van der Waals surface area contributed by atoms with E-state index in [1.54, 1.807) is 24.3 Å². The van der Waals surface area contributed by atoms with Crippen LogP contribution in [-0.4, -0.2) is 48.5 Å². The molecule has 6 rings (SSSR count). The van der Waals surface area contributed by atoms with Gasteiger partial charge in [0.15, 0.2) is 6.10 Å². The summed E-state index contributed by atoms with van der Waals surface area (Å²) >= 11 is 1.51. The van der Waals surface area contributed by atoms with Gasteiger partial charge in [-0.25, -0.2) is 8.78 Å². The number of ether oxygens (including phenoxy) is 1. The molecule has 7 heteroatoms. The SMILES string of the molecule is O=C(CC(c1cccc(F)c1)c1cccc(F)c1)O[C@H]1C[N+]2(CC(=O)c3ccsc3)CCC1CC2. The zero-order valence-corrected chi connectivity index (χ0v) is 20.2. The van der Waals surface area contributed by atoms with Crippen LogP contribution >= 0.6 is 11.3 Å². The Hall–Kier alpha value is -2.90. The van der Waals surface area contributed by atoms with E-state index >= 15 is 0 Å². The number of Topliss-reactive ketones (excluding diaryl/α,β-unsaturated/α-hetero) is 1. The zero-order chi connectivity index (χ0) is 24.4. The van der Waals surface area contributed by atoms with Crippen LogP contribution in [0.4, 0.5) is 8.78 Å². The number of ketones is 1. The first-order valence-electron chi connectivity index (χ1n) is 12.0. The minimum absolute atomic E-state index is 0.00996. The third-order valence-electron chi connectivity index (χ3n) is 7.52. The average molecular weight is 497 g/mol. The van der Waals surface area contributed by atoms with Gasteiger partial charge in [-0.2, -0.15) is 11.3 Å². The van der Waals surface area contributed by atoms with Gasteiger partial charge in [0, 0.05) is 35.6 Å². The van der Waals surface area contributed by atoms with Gasteiger partial charge in [0.25, 0.3) is 0 Å². The molecular weight excluding hydrogens is 468 g/mol. The number of hydrogen-bond acceptors (Lipinski definition) is 4. The van der Waals surface area contributed by atoms with Crippen molar-refractivity contribution in [3.8, 4) is 0 Å². The summed E-state index contributed by atoms with van der Waals surface area (Å²) in [5, 5.41) is 3.79. The summed E-state index contributed by atoms with van der Waals surface area (Å²) < 4.78 is 34.6. The van der Waals surface area contributed by atoms with Gasteiger partial charge < -0.3 is 9.22 Å². The minimum atomic E-state index is -0.515. The number of benzene rings is 2. The predicted molar refractivity (Wildman–Crippen MR) is 130 cm³/mol. The van der Waals surface area contributed by atoms with Gasteiger partial charge in [0.1, 0.15) is 24.7 Å². The van der Waals surface area contributed by atoms with Crippen molar-refractivity contribution in [3.05, 3.63) is 93.7 Å². The summed E-state index contributed by atoms with van der Waals surface area (Å²) in [7, 11) is 0. The molecule has 0 unspecified atom stereocenters. The molecule has 35 heavy (non-hydrogen) atoms. The van der Waals surface area contributed by atoms with Crippen molar-refractivity contribution in [1.82, 2.24) is 0 Å². The Kier molecular flexibility index (Phi) is 6.80. The largest absolute Gasteiger partial charge is 0.456 e. The Morgan fingerprint density at radius 2 is 1.66 bits per heavy atom. The normalized spacial score (nSPS) is 23.4. The Labute approximate surface area is 207 Å². The Balaban J connectivity index is 1.30. The number of halogens is 2. The first kappa shape index (κ1) is 23.8. The molecule has 4 heterocycles. The molecule has 3 aromatic rings. The molecule has 3 fully saturated rings. The molecule has 0 radical (unpaired) electrons. The summed E-state index contributed by atoms with van der Waals surface area (Å²) in [6, 6.07) is 14.0. The highest BCUT2D eigenvalue weighted by Gasteiger charge is 2.48. The van der Waals surface area contributed by atoms with Crippen LogP contribution in [-0.2, 0) is 9.53 Å². The van der Waals surface area contributed by atoms with Crippen molar-refractivity contribution < 1.29 is 27.6 Å². The van der Waals surface area contributed by atoms with E-state index in [9.17, 15) is 18.4 Å². The van der Waals surface area contributed by atoms with E-state index in [0.717, 1.165) is 31.5 Å². The van der Waals surface area contributed by atoms with Gasteiger partial charge in [0.05, 0.1) is 19.5 Å². The zero-order valence-electron chi connectivity index (χ0n) is 19.4. The summed E-state index contributed by atoms with van der Waals surface area (Å²) in [5.41, 5.74) is 1.95. The Morgan fingerprint density at radius 1 is 1.00 bits per heavy atom. The highest BCUT2D eigenvalue weighted by molar-refractivity contribution is 7.08. The second kappa shape index (κ2) is 9.99. The van der Waals surface area contributed by atoms with Gasteiger partial charge in [-0.3, -0.25) is 9.59 Å². The van der Waals surface area contributed by atoms with E-state index in [1.807, 2.05) is 16.8 Å². The average Bonchev–Trinajstić information content (AvgIpc) is 3.38. The molecule has 3 saturated heterocycles. The van der Waals surface area contributed by atoms with Crippen molar-refractivity contribution in [3.63, 3.8) is 0 Å². The minimum Gasteiger partial charge on any atom is -0.456 e. The fourth-order valence-electron chi connectivity index (χ4n) is 5.65. The fourth-order valence-corrected chi connectivity index (χ4v) is 6.31. The number of piperidine rings is 3. The molecule has 0 spiro atoms. The number of rotatable bonds is 8. The molecule has 4 nitrogen and oxygen atoms in total. The topological polar surface area (TPSA) is 43.4 Å². The number of nitrogens with zero attached hydrogens (tertiary/aromatic N) is 1. The van der Waals surface area contributed by atoms with Gasteiger partial charge in [-0.1, -0.05) is 24.3 Å². The van der Waals surface area contributed by atoms with E-state index < -0.39 is 17.6 Å². The predicted octanol–water partition coefficient (Wildman–Crippen LogP) is 5.58. The summed E-state index contributed by atoms with van der Waals surface area (Å²) in [4.78, 5) is 26.0. The maximum absolute atomic E-state index is 14.0. The second-order valence-electron chi connectivity index (χ2n) is 9.80. The number of esters is 1. The first-order chi connectivity index (χ1) is 16.9. The molecule has 0 amide bonds. The number of carbonyl (C=O) groups excluding carboxylic acids is 2. The number of thiophene rings is 1. The number of hydrogen-bond donors (Lipinski definition) is 0. The van der Waals surface area contributed by atoms with Crippen LogP contribution in [0.1, 0.15) is 46.7 Å². The van der Waals surface area contributed by atoms with Crippen molar-refractivity contribution in [2.45, 2.75) is 31.3 Å². The third kappa shape index (κ3) is 5.36. The van der Waals surface area contributed by atoms with Gasteiger partial charge in [-0.15, -0.1) is 0 Å². The summed E-state index contributed by atoms with van der Waals surface area (Å²) in [6.07, 6.45) is 1.59. The molecule has 0 N–H and O–H groups in total. The molecule has 2 aromatic carbocycles. The van der Waals surface area contributed by atoms with Crippen molar-refractivity contribution in [2.24, 2.45) is 5.92 Å². The van der Waals surface area contributed by atoms with Crippen LogP contribution in [0.15, 0.2) is 65.4 Å². The molecule has 1 aromatic heterocycles. The number of carbonyl (C=O) groups is 2. The lowest BCUT2D eigenvalue weighted by Crippen LogP contribution is -2.65. The van der Waals surface area contributed by atoms with Gasteiger partial charge >= 0.3 is 5.97 Å². The molecular formula is C28H28F2NO3S+. The van der Waals surface area contributed by atoms with Crippen LogP contribution in [0.25, 0.3) is 0 Å².